The topological polar surface area (TPSA) is 124 Å². The van der Waals surface area contributed by atoms with E-state index in [4.69, 9.17) is 13.9 Å². The summed E-state index contributed by atoms with van der Waals surface area (Å²) >= 11 is 0. The lowest BCUT2D eigenvalue weighted by Crippen LogP contribution is -2.22. The second-order valence-corrected chi connectivity index (χ2v) is 8.87. The van der Waals surface area contributed by atoms with Crippen LogP contribution in [0.15, 0.2) is 62.8 Å². The third kappa shape index (κ3) is 4.75. The first kappa shape index (κ1) is 22.5. The van der Waals surface area contributed by atoms with Crippen molar-refractivity contribution in [2.24, 2.45) is 4.99 Å². The molecule has 1 aliphatic heterocycles. The number of aliphatic imine (C=N–C) groups is 1. The lowest BCUT2D eigenvalue weighted by Gasteiger charge is -2.06. The van der Waals surface area contributed by atoms with E-state index in [1.807, 2.05) is 0 Å². The monoisotopic (exact) mass is 470 g/mol. The van der Waals surface area contributed by atoms with Gasteiger partial charge in [-0.25, -0.2) is 13.2 Å². The Hall–Kier alpha value is -3.66. The van der Waals surface area contributed by atoms with Gasteiger partial charge in [-0.15, -0.1) is 0 Å². The van der Waals surface area contributed by atoms with Gasteiger partial charge in [0.15, 0.2) is 0 Å². The third-order valence-electron chi connectivity index (χ3n) is 5.01. The third-order valence-corrected chi connectivity index (χ3v) is 6.41. The van der Waals surface area contributed by atoms with E-state index in [1.165, 1.54) is 6.07 Å². The molecule has 0 bridgehead atoms. The van der Waals surface area contributed by atoms with E-state index in [1.54, 1.807) is 49.4 Å². The van der Waals surface area contributed by atoms with Crippen LogP contribution in [0.2, 0.25) is 0 Å². The molecule has 33 heavy (non-hydrogen) atoms. The quantitative estimate of drug-likeness (QED) is 0.396. The van der Waals surface area contributed by atoms with Crippen molar-refractivity contribution in [1.82, 2.24) is 4.72 Å². The molecule has 0 radical (unpaired) electrons. The lowest BCUT2D eigenvalue weighted by molar-refractivity contribution is -0.145. The number of hydrogen-bond acceptors (Lipinski definition) is 8. The minimum Gasteiger partial charge on any atom is -0.461 e. The molecule has 1 aliphatic rings. The number of furan rings is 1. The molecule has 0 saturated heterocycles. The molecular weight excluding hydrogens is 448 g/mol. The summed E-state index contributed by atoms with van der Waals surface area (Å²) in [7, 11) is -3.59. The first-order chi connectivity index (χ1) is 15.9. The molecule has 3 aromatic rings. The summed E-state index contributed by atoms with van der Waals surface area (Å²) < 4.78 is 42.6. The average Bonchev–Trinajstić information content (AvgIpc) is 3.30. The Morgan fingerprint density at radius 2 is 1.82 bits per heavy atom. The number of rotatable bonds is 8. The molecule has 0 amide bonds. The maximum Gasteiger partial charge on any atom is 0.374 e. The van der Waals surface area contributed by atoms with E-state index >= 15 is 0 Å². The number of nitrogens with zero attached hydrogens (tertiary/aromatic N) is 1. The molecule has 1 aromatic heterocycles. The molecule has 9 nitrogen and oxygen atoms in total. The summed E-state index contributed by atoms with van der Waals surface area (Å²) in [4.78, 5) is 29.0. The summed E-state index contributed by atoms with van der Waals surface area (Å²) in [5.74, 6) is -0.801. The van der Waals surface area contributed by atoms with Crippen molar-refractivity contribution in [3.8, 4) is 0 Å². The smallest absolute Gasteiger partial charge is 0.374 e. The molecule has 0 unspecified atom stereocenters. The van der Waals surface area contributed by atoms with Crippen molar-refractivity contribution < 1.29 is 31.9 Å². The van der Waals surface area contributed by atoms with Gasteiger partial charge in [0.1, 0.15) is 18.0 Å². The highest BCUT2D eigenvalue weighted by Crippen LogP contribution is 2.27. The fourth-order valence-corrected chi connectivity index (χ4v) is 4.74. The maximum absolute atomic E-state index is 12.2. The summed E-state index contributed by atoms with van der Waals surface area (Å²) in [5, 5.41) is 0.673. The number of sulfonamides is 1. The highest BCUT2D eigenvalue weighted by molar-refractivity contribution is 7.90. The zero-order chi connectivity index (χ0) is 23.4. The molecule has 1 N–H and O–H groups in total. The van der Waals surface area contributed by atoms with E-state index < -0.39 is 22.0 Å². The highest BCUT2D eigenvalue weighted by Gasteiger charge is 2.30. The molecule has 0 aliphatic carbocycles. The molecule has 0 fully saturated rings. The SMILES string of the molecule is CCOC(=O)c1oc2ccccc2c1COC(=O)CCCN=C1NS(=O)(=O)c2ccccc21. The minimum absolute atomic E-state index is 0.0180. The second-order valence-electron chi connectivity index (χ2n) is 7.22. The molecular formula is C23H22N2O7S. The number of amidine groups is 1. The molecule has 2 heterocycles. The van der Waals surface area contributed by atoms with E-state index in [0.29, 0.717) is 28.5 Å². The molecule has 172 valence electrons. The van der Waals surface area contributed by atoms with Gasteiger partial charge in [0.05, 0.1) is 17.1 Å². The largest absolute Gasteiger partial charge is 0.461 e. The summed E-state index contributed by atoms with van der Waals surface area (Å²) in [5.41, 5.74) is 1.47. The Bertz CT molecular complexity index is 1340. The van der Waals surface area contributed by atoms with Crippen molar-refractivity contribution in [3.05, 3.63) is 65.4 Å². The van der Waals surface area contributed by atoms with Gasteiger partial charge in [-0.3, -0.25) is 14.5 Å². The van der Waals surface area contributed by atoms with Crippen LogP contribution in [0.25, 0.3) is 11.0 Å². The van der Waals surface area contributed by atoms with Gasteiger partial charge in [-0.05, 0) is 31.5 Å². The molecule has 0 saturated carbocycles. The standard InChI is InChI=1S/C23H22N2O7S/c1-2-30-23(27)21-17(15-8-3-5-10-18(15)32-21)14-31-20(26)12-7-13-24-22-16-9-4-6-11-19(16)33(28,29)25-22/h3-6,8-11H,2,7,12-14H2,1H3,(H,24,25). The lowest BCUT2D eigenvalue weighted by atomic mass is 10.1. The van der Waals surface area contributed by atoms with Gasteiger partial charge in [0.25, 0.3) is 10.0 Å². The maximum atomic E-state index is 12.2. The number of para-hydroxylation sites is 1. The summed E-state index contributed by atoms with van der Waals surface area (Å²) in [6, 6.07) is 13.6. The van der Waals surface area contributed by atoms with Crippen molar-refractivity contribution in [3.63, 3.8) is 0 Å². The number of carbonyl (C=O) groups excluding carboxylic acids is 2. The van der Waals surface area contributed by atoms with Gasteiger partial charge >= 0.3 is 11.9 Å². The molecule has 4 rings (SSSR count). The van der Waals surface area contributed by atoms with Crippen LogP contribution in [0, 0.1) is 0 Å². The molecule has 0 atom stereocenters. The number of hydrogen-bond donors (Lipinski definition) is 1. The predicted molar refractivity (Wildman–Crippen MR) is 119 cm³/mol. The first-order valence-corrected chi connectivity index (χ1v) is 11.9. The normalized spacial score (nSPS) is 15.2. The highest BCUT2D eigenvalue weighted by atomic mass is 32.2. The van der Waals surface area contributed by atoms with Crippen LogP contribution in [0.1, 0.15) is 41.4 Å². The van der Waals surface area contributed by atoms with Crippen LogP contribution in [0.4, 0.5) is 0 Å². The van der Waals surface area contributed by atoms with Crippen LogP contribution in [-0.4, -0.2) is 39.3 Å². The zero-order valence-electron chi connectivity index (χ0n) is 17.9. The van der Waals surface area contributed by atoms with Gasteiger partial charge in [0, 0.05) is 23.9 Å². The fourth-order valence-electron chi connectivity index (χ4n) is 3.49. The number of nitrogens with one attached hydrogen (secondary N) is 1. The van der Waals surface area contributed by atoms with Crippen molar-refractivity contribution >= 4 is 38.8 Å². The predicted octanol–water partition coefficient (Wildman–Crippen LogP) is 3.17. The van der Waals surface area contributed by atoms with Crippen LogP contribution in [0.3, 0.4) is 0 Å². The van der Waals surface area contributed by atoms with Crippen molar-refractivity contribution in [2.45, 2.75) is 31.3 Å². The average molecular weight is 471 g/mol. The number of ether oxygens (including phenoxy) is 2. The molecule has 10 heteroatoms. The Balaban J connectivity index is 1.36. The Kier molecular flexibility index (Phi) is 6.45. The summed E-state index contributed by atoms with van der Waals surface area (Å²) in [6.07, 6.45) is 0.443. The van der Waals surface area contributed by atoms with E-state index in [-0.39, 0.29) is 42.7 Å². The van der Waals surface area contributed by atoms with E-state index in [0.717, 1.165) is 0 Å². The number of fused-ring (bicyclic) bond motifs is 2. The first-order valence-electron chi connectivity index (χ1n) is 10.4. The fraction of sp³-hybridized carbons (Fsp3) is 0.261. The van der Waals surface area contributed by atoms with E-state index in [9.17, 15) is 18.0 Å². The van der Waals surface area contributed by atoms with Crippen LogP contribution in [0.5, 0.6) is 0 Å². The van der Waals surface area contributed by atoms with Crippen LogP contribution in [-0.2, 0) is 30.9 Å². The minimum atomic E-state index is -3.59. The van der Waals surface area contributed by atoms with Gasteiger partial charge in [0.2, 0.25) is 5.76 Å². The molecule has 2 aromatic carbocycles. The van der Waals surface area contributed by atoms with Crippen molar-refractivity contribution in [1.29, 1.82) is 0 Å². The van der Waals surface area contributed by atoms with Crippen LogP contribution >= 0.6 is 0 Å². The zero-order valence-corrected chi connectivity index (χ0v) is 18.7. The van der Waals surface area contributed by atoms with Gasteiger partial charge in [-0.2, -0.15) is 0 Å². The van der Waals surface area contributed by atoms with E-state index in [2.05, 4.69) is 9.71 Å². The Morgan fingerprint density at radius 3 is 2.64 bits per heavy atom. The number of benzene rings is 2. The Morgan fingerprint density at radius 1 is 1.06 bits per heavy atom. The van der Waals surface area contributed by atoms with Crippen molar-refractivity contribution in [2.75, 3.05) is 13.2 Å². The van der Waals surface area contributed by atoms with Crippen LogP contribution < -0.4 is 4.72 Å². The number of esters is 2. The summed E-state index contributed by atoms with van der Waals surface area (Å²) in [6.45, 7) is 1.99. The second kappa shape index (κ2) is 9.45. The Labute approximate surface area is 190 Å². The van der Waals surface area contributed by atoms with Gasteiger partial charge in [-0.1, -0.05) is 30.3 Å². The van der Waals surface area contributed by atoms with Gasteiger partial charge < -0.3 is 13.9 Å². The number of carbonyl (C=O) groups is 2. The molecule has 0 spiro atoms.